The third-order valence-electron chi connectivity index (χ3n) is 3.82. The van der Waals surface area contributed by atoms with Crippen molar-refractivity contribution in [1.82, 2.24) is 0 Å². The summed E-state index contributed by atoms with van der Waals surface area (Å²) in [5.74, 6) is 0. The first kappa shape index (κ1) is 16.3. The van der Waals surface area contributed by atoms with Gasteiger partial charge in [-0.25, -0.2) is 0 Å². The van der Waals surface area contributed by atoms with E-state index >= 15 is 0 Å². The number of hydrogen-bond donors (Lipinski definition) is 1. The molecule has 0 aliphatic rings. The molecular weight excluding hydrogens is 348 g/mol. The SMILES string of the molecule is CC(c1ccccc1Cl)N(C)c1ccc([C@@H](C)N)c(Br)c1. The molecule has 2 aromatic rings. The van der Waals surface area contributed by atoms with E-state index in [1.54, 1.807) is 0 Å². The van der Waals surface area contributed by atoms with Gasteiger partial charge in [-0.1, -0.05) is 51.8 Å². The summed E-state index contributed by atoms with van der Waals surface area (Å²) in [5.41, 5.74) is 9.30. The lowest BCUT2D eigenvalue weighted by Crippen LogP contribution is -2.22. The molecule has 2 rings (SSSR count). The zero-order chi connectivity index (χ0) is 15.6. The Balaban J connectivity index is 2.30. The van der Waals surface area contributed by atoms with Crippen molar-refractivity contribution in [3.05, 3.63) is 63.1 Å². The van der Waals surface area contributed by atoms with Crippen LogP contribution in [-0.4, -0.2) is 7.05 Å². The summed E-state index contributed by atoms with van der Waals surface area (Å²) >= 11 is 9.90. The van der Waals surface area contributed by atoms with Crippen molar-refractivity contribution < 1.29 is 0 Å². The summed E-state index contributed by atoms with van der Waals surface area (Å²) in [6.07, 6.45) is 0. The second kappa shape index (κ2) is 6.82. The van der Waals surface area contributed by atoms with Crippen molar-refractivity contribution in [2.75, 3.05) is 11.9 Å². The van der Waals surface area contributed by atoms with Crippen LogP contribution in [-0.2, 0) is 0 Å². The van der Waals surface area contributed by atoms with Gasteiger partial charge in [0, 0.05) is 28.3 Å². The summed E-state index contributed by atoms with van der Waals surface area (Å²) in [6, 6.07) is 14.4. The first-order valence-electron chi connectivity index (χ1n) is 6.94. The highest BCUT2D eigenvalue weighted by Crippen LogP contribution is 2.33. The molecule has 2 atom stereocenters. The van der Waals surface area contributed by atoms with Gasteiger partial charge in [0.15, 0.2) is 0 Å². The maximum atomic E-state index is 6.30. The van der Waals surface area contributed by atoms with Gasteiger partial charge in [-0.3, -0.25) is 0 Å². The zero-order valence-corrected chi connectivity index (χ0v) is 14.8. The third kappa shape index (κ3) is 3.60. The van der Waals surface area contributed by atoms with Gasteiger partial charge in [-0.05, 0) is 43.2 Å². The van der Waals surface area contributed by atoms with Crippen LogP contribution in [0.25, 0.3) is 0 Å². The number of nitrogens with zero attached hydrogens (tertiary/aromatic N) is 1. The predicted molar refractivity (Wildman–Crippen MR) is 95.0 cm³/mol. The van der Waals surface area contributed by atoms with Crippen LogP contribution in [0, 0.1) is 0 Å². The van der Waals surface area contributed by atoms with E-state index < -0.39 is 0 Å². The van der Waals surface area contributed by atoms with Crippen molar-refractivity contribution in [1.29, 1.82) is 0 Å². The van der Waals surface area contributed by atoms with Crippen LogP contribution in [0.3, 0.4) is 0 Å². The molecule has 0 saturated carbocycles. The number of nitrogens with two attached hydrogens (primary N) is 1. The van der Waals surface area contributed by atoms with Crippen molar-refractivity contribution in [3.8, 4) is 0 Å². The van der Waals surface area contributed by atoms with Crippen LogP contribution in [0.15, 0.2) is 46.9 Å². The molecule has 0 aliphatic carbocycles. The molecule has 0 radical (unpaired) electrons. The van der Waals surface area contributed by atoms with Gasteiger partial charge >= 0.3 is 0 Å². The molecule has 0 saturated heterocycles. The van der Waals surface area contributed by atoms with Crippen molar-refractivity contribution >= 4 is 33.2 Å². The van der Waals surface area contributed by atoms with E-state index in [0.29, 0.717) is 0 Å². The van der Waals surface area contributed by atoms with E-state index in [4.69, 9.17) is 17.3 Å². The summed E-state index contributed by atoms with van der Waals surface area (Å²) in [6.45, 7) is 4.13. The van der Waals surface area contributed by atoms with Crippen LogP contribution < -0.4 is 10.6 Å². The van der Waals surface area contributed by atoms with E-state index in [-0.39, 0.29) is 12.1 Å². The summed E-state index contributed by atoms with van der Waals surface area (Å²) in [4.78, 5) is 2.21. The lowest BCUT2D eigenvalue weighted by atomic mass is 10.1. The maximum Gasteiger partial charge on any atom is 0.0525 e. The van der Waals surface area contributed by atoms with Crippen LogP contribution >= 0.6 is 27.5 Å². The molecule has 4 heteroatoms. The van der Waals surface area contributed by atoms with Gasteiger partial charge in [0.05, 0.1) is 6.04 Å². The van der Waals surface area contributed by atoms with Crippen LogP contribution in [0.5, 0.6) is 0 Å². The molecule has 112 valence electrons. The topological polar surface area (TPSA) is 29.3 Å². The molecule has 0 spiro atoms. The van der Waals surface area contributed by atoms with E-state index in [1.165, 1.54) is 0 Å². The second-order valence-electron chi connectivity index (χ2n) is 5.30. The number of halogens is 2. The van der Waals surface area contributed by atoms with Crippen molar-refractivity contribution in [2.45, 2.75) is 25.9 Å². The maximum absolute atomic E-state index is 6.30. The van der Waals surface area contributed by atoms with Gasteiger partial charge in [-0.2, -0.15) is 0 Å². The smallest absolute Gasteiger partial charge is 0.0525 e. The van der Waals surface area contributed by atoms with E-state index in [2.05, 4.69) is 59.1 Å². The second-order valence-corrected chi connectivity index (χ2v) is 6.56. The highest BCUT2D eigenvalue weighted by Gasteiger charge is 2.16. The van der Waals surface area contributed by atoms with Gasteiger partial charge in [-0.15, -0.1) is 0 Å². The minimum absolute atomic E-state index is 0.0136. The summed E-state index contributed by atoms with van der Waals surface area (Å²) in [5, 5.41) is 0.795. The predicted octanol–water partition coefficient (Wildman–Crippen LogP) is 5.32. The molecule has 2 N–H and O–H groups in total. The average molecular weight is 368 g/mol. The Bertz CT molecular complexity index is 628. The largest absolute Gasteiger partial charge is 0.368 e. The summed E-state index contributed by atoms with van der Waals surface area (Å²) in [7, 11) is 2.07. The monoisotopic (exact) mass is 366 g/mol. The Morgan fingerprint density at radius 1 is 1.10 bits per heavy atom. The average Bonchev–Trinajstić information content (AvgIpc) is 2.45. The minimum atomic E-state index is 0.0136. The first-order chi connectivity index (χ1) is 9.91. The van der Waals surface area contributed by atoms with Crippen LogP contribution in [0.1, 0.15) is 37.1 Å². The molecule has 0 fully saturated rings. The number of benzene rings is 2. The lowest BCUT2D eigenvalue weighted by Gasteiger charge is -2.28. The first-order valence-corrected chi connectivity index (χ1v) is 8.11. The Kier molecular flexibility index (Phi) is 5.31. The van der Waals surface area contributed by atoms with Gasteiger partial charge in [0.25, 0.3) is 0 Å². The third-order valence-corrected chi connectivity index (χ3v) is 4.85. The Morgan fingerprint density at radius 3 is 2.33 bits per heavy atom. The van der Waals surface area contributed by atoms with Crippen LogP contribution in [0.4, 0.5) is 5.69 Å². The van der Waals surface area contributed by atoms with Crippen molar-refractivity contribution in [2.24, 2.45) is 5.73 Å². The molecule has 0 heterocycles. The highest BCUT2D eigenvalue weighted by molar-refractivity contribution is 9.10. The number of rotatable bonds is 4. The van der Waals surface area contributed by atoms with Gasteiger partial charge in [0.2, 0.25) is 0 Å². The van der Waals surface area contributed by atoms with Crippen molar-refractivity contribution in [3.63, 3.8) is 0 Å². The van der Waals surface area contributed by atoms with E-state index in [0.717, 1.165) is 26.3 Å². The Hall–Kier alpha value is -1.03. The minimum Gasteiger partial charge on any atom is -0.368 e. The molecule has 21 heavy (non-hydrogen) atoms. The molecule has 2 aromatic carbocycles. The molecule has 0 bridgehead atoms. The zero-order valence-electron chi connectivity index (χ0n) is 12.5. The van der Waals surface area contributed by atoms with E-state index in [9.17, 15) is 0 Å². The fraction of sp³-hybridized carbons (Fsp3) is 0.294. The fourth-order valence-corrected chi connectivity index (χ4v) is 3.37. The van der Waals surface area contributed by atoms with Gasteiger partial charge < -0.3 is 10.6 Å². The summed E-state index contributed by atoms with van der Waals surface area (Å²) < 4.78 is 1.04. The lowest BCUT2D eigenvalue weighted by molar-refractivity contribution is 0.738. The number of hydrogen-bond acceptors (Lipinski definition) is 2. The van der Waals surface area contributed by atoms with E-state index in [1.807, 2.05) is 25.1 Å². The molecule has 0 amide bonds. The molecule has 1 unspecified atom stereocenters. The Morgan fingerprint density at radius 2 is 1.76 bits per heavy atom. The molecule has 0 aliphatic heterocycles. The van der Waals surface area contributed by atoms with Crippen LogP contribution in [0.2, 0.25) is 5.02 Å². The number of anilines is 1. The van der Waals surface area contributed by atoms with Gasteiger partial charge in [0.1, 0.15) is 0 Å². The molecular formula is C17H20BrClN2. The highest BCUT2D eigenvalue weighted by atomic mass is 79.9. The Labute approximate surface area is 140 Å². The standard InChI is InChI=1S/C17H20BrClN2/c1-11(20)14-9-8-13(10-16(14)18)21(3)12(2)15-6-4-5-7-17(15)19/h4-12H,20H2,1-3H3/t11-,12?/m1/s1. The normalized spacial score (nSPS) is 13.8. The molecule has 2 nitrogen and oxygen atoms in total. The molecule has 0 aromatic heterocycles. The fourth-order valence-electron chi connectivity index (χ4n) is 2.35. The quantitative estimate of drug-likeness (QED) is 0.792.